The SMILES string of the molecule is CC(C)(CO)N1CCN(c2ccc(NC(=O)c3cccc(F)c3)cn2)CC1. The maximum Gasteiger partial charge on any atom is 0.255 e. The van der Waals surface area contributed by atoms with Gasteiger partial charge in [-0.05, 0) is 44.2 Å². The van der Waals surface area contributed by atoms with Crippen LogP contribution in [0, 0.1) is 5.82 Å². The van der Waals surface area contributed by atoms with Crippen LogP contribution in [0.3, 0.4) is 0 Å². The lowest BCUT2D eigenvalue weighted by atomic mass is 10.0. The van der Waals surface area contributed by atoms with Crippen molar-refractivity contribution < 1.29 is 14.3 Å². The van der Waals surface area contributed by atoms with Crippen molar-refractivity contribution in [2.24, 2.45) is 0 Å². The summed E-state index contributed by atoms with van der Waals surface area (Å²) in [7, 11) is 0. The van der Waals surface area contributed by atoms with Crippen LogP contribution in [-0.2, 0) is 0 Å². The molecule has 7 heteroatoms. The van der Waals surface area contributed by atoms with E-state index in [-0.39, 0.29) is 23.6 Å². The van der Waals surface area contributed by atoms with Gasteiger partial charge in [-0.1, -0.05) is 6.07 Å². The molecular weight excluding hydrogens is 347 g/mol. The molecule has 6 nitrogen and oxygen atoms in total. The van der Waals surface area contributed by atoms with Crippen molar-refractivity contribution in [3.8, 4) is 0 Å². The van der Waals surface area contributed by atoms with Gasteiger partial charge in [0.05, 0.1) is 18.5 Å². The first kappa shape index (κ1) is 19.3. The van der Waals surface area contributed by atoms with Gasteiger partial charge in [-0.25, -0.2) is 9.37 Å². The van der Waals surface area contributed by atoms with Gasteiger partial charge in [0.25, 0.3) is 5.91 Å². The number of amides is 1. The Morgan fingerprint density at radius 2 is 1.96 bits per heavy atom. The Labute approximate surface area is 158 Å². The zero-order valence-electron chi connectivity index (χ0n) is 15.7. The minimum Gasteiger partial charge on any atom is -0.394 e. The van der Waals surface area contributed by atoms with Crippen molar-refractivity contribution in [3.63, 3.8) is 0 Å². The number of anilines is 2. The number of piperazine rings is 1. The summed E-state index contributed by atoms with van der Waals surface area (Å²) in [4.78, 5) is 21.1. The second kappa shape index (κ2) is 8.02. The van der Waals surface area contributed by atoms with Gasteiger partial charge in [0.2, 0.25) is 0 Å². The van der Waals surface area contributed by atoms with E-state index in [2.05, 4.69) is 20.1 Å². The van der Waals surface area contributed by atoms with Crippen LogP contribution < -0.4 is 10.2 Å². The fourth-order valence-electron chi connectivity index (χ4n) is 3.12. The molecule has 2 aromatic rings. The van der Waals surface area contributed by atoms with E-state index in [0.717, 1.165) is 32.0 Å². The Balaban J connectivity index is 1.59. The van der Waals surface area contributed by atoms with E-state index in [1.54, 1.807) is 18.3 Å². The zero-order chi connectivity index (χ0) is 19.4. The third-order valence-electron chi connectivity index (χ3n) is 4.94. The van der Waals surface area contributed by atoms with Gasteiger partial charge < -0.3 is 15.3 Å². The minimum absolute atomic E-state index is 0.130. The van der Waals surface area contributed by atoms with Crippen LogP contribution in [0.25, 0.3) is 0 Å². The van der Waals surface area contributed by atoms with Crippen molar-refractivity contribution in [2.75, 3.05) is 43.0 Å². The number of nitrogens with zero attached hydrogens (tertiary/aromatic N) is 3. The van der Waals surface area contributed by atoms with Gasteiger partial charge >= 0.3 is 0 Å². The third kappa shape index (κ3) is 4.61. The van der Waals surface area contributed by atoms with Crippen LogP contribution in [0.4, 0.5) is 15.9 Å². The maximum atomic E-state index is 13.2. The number of hydrogen-bond acceptors (Lipinski definition) is 5. The molecular formula is C20H25FN4O2. The second-order valence-electron chi connectivity index (χ2n) is 7.31. The first-order valence-corrected chi connectivity index (χ1v) is 9.03. The average Bonchev–Trinajstić information content (AvgIpc) is 2.68. The summed E-state index contributed by atoms with van der Waals surface area (Å²) in [5.74, 6) is 0.0312. The number of pyridine rings is 1. The Hall–Kier alpha value is -2.51. The Kier molecular flexibility index (Phi) is 5.72. The topological polar surface area (TPSA) is 68.7 Å². The van der Waals surface area contributed by atoms with Crippen molar-refractivity contribution in [1.29, 1.82) is 0 Å². The molecule has 1 aromatic heterocycles. The highest BCUT2D eigenvalue weighted by molar-refractivity contribution is 6.04. The molecule has 0 atom stereocenters. The lowest BCUT2D eigenvalue weighted by Crippen LogP contribution is -2.56. The summed E-state index contributed by atoms with van der Waals surface area (Å²) in [6.07, 6.45) is 1.61. The number of halogens is 1. The Morgan fingerprint density at radius 1 is 1.22 bits per heavy atom. The largest absolute Gasteiger partial charge is 0.394 e. The number of benzene rings is 1. The van der Waals surface area contributed by atoms with Gasteiger partial charge in [-0.15, -0.1) is 0 Å². The molecule has 2 N–H and O–H groups in total. The van der Waals surface area contributed by atoms with Gasteiger partial charge in [0.15, 0.2) is 0 Å². The average molecular weight is 372 g/mol. The van der Waals surface area contributed by atoms with E-state index in [0.29, 0.717) is 5.69 Å². The number of carbonyl (C=O) groups is 1. The summed E-state index contributed by atoms with van der Waals surface area (Å²) in [5, 5.41) is 12.2. The molecule has 0 aliphatic carbocycles. The van der Waals surface area contributed by atoms with Gasteiger partial charge in [0, 0.05) is 37.3 Å². The van der Waals surface area contributed by atoms with Crippen LogP contribution in [0.5, 0.6) is 0 Å². The molecule has 1 aromatic carbocycles. The fraction of sp³-hybridized carbons (Fsp3) is 0.400. The van der Waals surface area contributed by atoms with Crippen LogP contribution in [-0.4, -0.2) is 59.2 Å². The lowest BCUT2D eigenvalue weighted by Gasteiger charge is -2.43. The predicted molar refractivity (Wildman–Crippen MR) is 104 cm³/mol. The van der Waals surface area contributed by atoms with E-state index in [9.17, 15) is 14.3 Å². The summed E-state index contributed by atoms with van der Waals surface area (Å²) >= 11 is 0. The highest BCUT2D eigenvalue weighted by Crippen LogP contribution is 2.20. The highest BCUT2D eigenvalue weighted by atomic mass is 19.1. The van der Waals surface area contributed by atoms with Crippen molar-refractivity contribution >= 4 is 17.4 Å². The number of nitrogens with one attached hydrogen (secondary N) is 1. The quantitative estimate of drug-likeness (QED) is 0.843. The van der Waals surface area contributed by atoms with E-state index < -0.39 is 5.82 Å². The molecule has 1 fully saturated rings. The molecule has 27 heavy (non-hydrogen) atoms. The Bertz CT molecular complexity index is 787. The van der Waals surface area contributed by atoms with Gasteiger partial charge in [-0.2, -0.15) is 0 Å². The smallest absolute Gasteiger partial charge is 0.255 e. The summed E-state index contributed by atoms with van der Waals surface area (Å²) in [6.45, 7) is 7.57. The summed E-state index contributed by atoms with van der Waals surface area (Å²) in [6, 6.07) is 9.23. The minimum atomic E-state index is -0.445. The highest BCUT2D eigenvalue weighted by Gasteiger charge is 2.29. The van der Waals surface area contributed by atoms with Crippen LogP contribution in [0.2, 0.25) is 0 Å². The molecule has 0 bridgehead atoms. The van der Waals surface area contributed by atoms with Crippen molar-refractivity contribution in [2.45, 2.75) is 19.4 Å². The van der Waals surface area contributed by atoms with E-state index >= 15 is 0 Å². The number of aromatic nitrogens is 1. The van der Waals surface area contributed by atoms with E-state index in [1.165, 1.54) is 18.2 Å². The molecule has 0 saturated carbocycles. The molecule has 1 saturated heterocycles. The van der Waals surface area contributed by atoms with Crippen LogP contribution in [0.15, 0.2) is 42.6 Å². The first-order chi connectivity index (χ1) is 12.9. The molecule has 0 unspecified atom stereocenters. The number of rotatable bonds is 5. The van der Waals surface area contributed by atoms with Gasteiger partial charge in [0.1, 0.15) is 11.6 Å². The molecule has 2 heterocycles. The second-order valence-corrected chi connectivity index (χ2v) is 7.31. The predicted octanol–water partition coefficient (Wildman–Crippen LogP) is 2.37. The van der Waals surface area contributed by atoms with Crippen LogP contribution >= 0.6 is 0 Å². The summed E-state index contributed by atoms with van der Waals surface area (Å²) < 4.78 is 13.2. The standard InChI is InChI=1S/C20H25FN4O2/c1-20(2,14-26)25-10-8-24(9-11-25)18-7-6-17(13-22-18)23-19(27)15-4-3-5-16(21)12-15/h3-7,12-13,26H,8-11,14H2,1-2H3,(H,23,27). The maximum absolute atomic E-state index is 13.2. The number of aliphatic hydroxyl groups is 1. The number of hydrogen-bond donors (Lipinski definition) is 2. The fourth-order valence-corrected chi connectivity index (χ4v) is 3.12. The normalized spacial score (nSPS) is 15.6. The first-order valence-electron chi connectivity index (χ1n) is 9.03. The molecule has 1 amide bonds. The lowest BCUT2D eigenvalue weighted by molar-refractivity contribution is 0.0526. The Morgan fingerprint density at radius 3 is 2.56 bits per heavy atom. The van der Waals surface area contributed by atoms with E-state index in [1.807, 2.05) is 19.9 Å². The molecule has 144 valence electrons. The van der Waals surface area contributed by atoms with Crippen LogP contribution in [0.1, 0.15) is 24.2 Å². The molecule has 1 aliphatic rings. The molecule has 3 rings (SSSR count). The molecule has 1 aliphatic heterocycles. The molecule has 0 radical (unpaired) electrons. The summed E-state index contributed by atoms with van der Waals surface area (Å²) in [5.41, 5.74) is 0.611. The number of carbonyl (C=O) groups excluding carboxylic acids is 1. The van der Waals surface area contributed by atoms with Crippen molar-refractivity contribution in [3.05, 3.63) is 54.0 Å². The third-order valence-corrected chi connectivity index (χ3v) is 4.94. The number of aliphatic hydroxyl groups excluding tert-OH is 1. The monoisotopic (exact) mass is 372 g/mol. The van der Waals surface area contributed by atoms with E-state index in [4.69, 9.17) is 0 Å². The van der Waals surface area contributed by atoms with Crippen molar-refractivity contribution in [1.82, 2.24) is 9.88 Å². The molecule has 0 spiro atoms. The van der Waals surface area contributed by atoms with Gasteiger partial charge in [-0.3, -0.25) is 9.69 Å². The zero-order valence-corrected chi connectivity index (χ0v) is 15.7.